The quantitative estimate of drug-likeness (QED) is 0.604. The average molecular weight is 162 g/mol. The highest BCUT2D eigenvalue weighted by Gasteiger charge is 1.96. The zero-order valence-corrected chi connectivity index (χ0v) is 6.26. The van der Waals surface area contributed by atoms with E-state index >= 15 is 0 Å². The van der Waals surface area contributed by atoms with Crippen LogP contribution in [-0.2, 0) is 0 Å². The molecule has 0 aliphatic heterocycles. The summed E-state index contributed by atoms with van der Waals surface area (Å²) in [4.78, 5) is 10.3. The van der Waals surface area contributed by atoms with Crippen molar-refractivity contribution in [1.29, 1.82) is 0 Å². The zero-order valence-electron chi connectivity index (χ0n) is 5.44. The van der Waals surface area contributed by atoms with Crippen molar-refractivity contribution < 1.29 is 4.79 Å². The Kier molecular flexibility index (Phi) is 2.89. The Labute approximate surface area is 64.4 Å². The first-order chi connectivity index (χ1) is 4.20. The lowest BCUT2D eigenvalue weighted by molar-refractivity contribution is 0.247. The summed E-state index contributed by atoms with van der Waals surface area (Å²) in [5, 5.41) is 3.66. The molecule has 10 heavy (non-hydrogen) atoms. The van der Waals surface area contributed by atoms with E-state index < -0.39 is 6.03 Å². The summed E-state index contributed by atoms with van der Waals surface area (Å²) < 4.78 is 1.09. The standard InChI is InChI=1S/C5H7N3O.ClH/c1-4-2-7-8(3-4)5(6)9;/h2-3H,1H3,(H2,6,9);1H. The number of amides is 1. The van der Waals surface area contributed by atoms with E-state index in [0.717, 1.165) is 10.2 Å². The Balaban J connectivity index is 0.000000810. The average Bonchev–Trinajstić information content (AvgIpc) is 2.14. The molecular weight excluding hydrogens is 154 g/mol. The molecule has 0 bridgehead atoms. The molecule has 1 heterocycles. The summed E-state index contributed by atoms with van der Waals surface area (Å²) in [5.74, 6) is 0. The van der Waals surface area contributed by atoms with Crippen LogP contribution in [0.4, 0.5) is 4.79 Å². The number of aryl methyl sites for hydroxylation is 1. The molecule has 2 N–H and O–H groups in total. The predicted molar refractivity (Wildman–Crippen MR) is 39.2 cm³/mol. The van der Waals surface area contributed by atoms with Gasteiger partial charge in [0, 0.05) is 6.20 Å². The number of carbonyl (C=O) groups is 1. The largest absolute Gasteiger partial charge is 0.350 e. The van der Waals surface area contributed by atoms with Crippen molar-refractivity contribution in [3.05, 3.63) is 18.0 Å². The summed E-state index contributed by atoms with van der Waals surface area (Å²) in [5.41, 5.74) is 5.81. The van der Waals surface area contributed by atoms with Crippen LogP contribution in [0.2, 0.25) is 0 Å². The van der Waals surface area contributed by atoms with Crippen molar-refractivity contribution in [2.24, 2.45) is 5.73 Å². The van der Waals surface area contributed by atoms with Gasteiger partial charge in [0.25, 0.3) is 0 Å². The molecule has 0 radical (unpaired) electrons. The minimum absolute atomic E-state index is 0. The first-order valence-corrected chi connectivity index (χ1v) is 2.51. The maximum Gasteiger partial charge on any atom is 0.339 e. The first-order valence-electron chi connectivity index (χ1n) is 2.51. The smallest absolute Gasteiger partial charge is 0.339 e. The van der Waals surface area contributed by atoms with Crippen molar-refractivity contribution in [1.82, 2.24) is 9.78 Å². The van der Waals surface area contributed by atoms with Crippen molar-refractivity contribution >= 4 is 18.4 Å². The Morgan fingerprint density at radius 2 is 2.40 bits per heavy atom. The van der Waals surface area contributed by atoms with Gasteiger partial charge in [-0.3, -0.25) is 0 Å². The van der Waals surface area contributed by atoms with Crippen LogP contribution in [0, 0.1) is 6.92 Å². The van der Waals surface area contributed by atoms with Crippen LogP contribution in [0.3, 0.4) is 0 Å². The first kappa shape index (κ1) is 8.97. The molecule has 56 valence electrons. The third-order valence-electron chi connectivity index (χ3n) is 0.937. The summed E-state index contributed by atoms with van der Waals surface area (Å²) in [7, 11) is 0. The van der Waals surface area contributed by atoms with Gasteiger partial charge in [0.15, 0.2) is 0 Å². The van der Waals surface area contributed by atoms with Crippen LogP contribution in [0.15, 0.2) is 12.4 Å². The number of nitrogens with zero attached hydrogens (tertiary/aromatic N) is 2. The molecule has 0 saturated carbocycles. The van der Waals surface area contributed by atoms with Crippen LogP contribution in [-0.4, -0.2) is 15.8 Å². The lowest BCUT2D eigenvalue weighted by Crippen LogP contribution is -2.19. The maximum absolute atomic E-state index is 10.3. The van der Waals surface area contributed by atoms with Crippen LogP contribution in [0.1, 0.15) is 5.56 Å². The van der Waals surface area contributed by atoms with E-state index in [1.54, 1.807) is 12.4 Å². The van der Waals surface area contributed by atoms with E-state index in [0.29, 0.717) is 0 Å². The van der Waals surface area contributed by atoms with Crippen molar-refractivity contribution in [3.8, 4) is 0 Å². The van der Waals surface area contributed by atoms with Crippen molar-refractivity contribution in [2.75, 3.05) is 0 Å². The van der Waals surface area contributed by atoms with Gasteiger partial charge in [0.2, 0.25) is 0 Å². The SMILES string of the molecule is Cc1cnn(C(N)=O)c1.Cl. The van der Waals surface area contributed by atoms with Crippen molar-refractivity contribution in [3.63, 3.8) is 0 Å². The molecule has 1 amide bonds. The number of hydrogen-bond acceptors (Lipinski definition) is 2. The molecule has 4 nitrogen and oxygen atoms in total. The fraction of sp³-hybridized carbons (Fsp3) is 0.200. The highest BCUT2D eigenvalue weighted by atomic mass is 35.5. The van der Waals surface area contributed by atoms with Crippen LogP contribution in [0.5, 0.6) is 0 Å². The summed E-state index contributed by atoms with van der Waals surface area (Å²) in [6.07, 6.45) is 3.15. The molecule has 5 heteroatoms. The third-order valence-corrected chi connectivity index (χ3v) is 0.937. The summed E-state index contributed by atoms with van der Waals surface area (Å²) in [6, 6.07) is -0.553. The minimum atomic E-state index is -0.553. The van der Waals surface area contributed by atoms with E-state index in [1.165, 1.54) is 0 Å². The summed E-state index contributed by atoms with van der Waals surface area (Å²) >= 11 is 0. The molecular formula is C5H8ClN3O. The molecule has 1 aromatic rings. The molecule has 1 rings (SSSR count). The maximum atomic E-state index is 10.3. The van der Waals surface area contributed by atoms with Gasteiger partial charge < -0.3 is 5.73 Å². The zero-order chi connectivity index (χ0) is 6.85. The Morgan fingerprint density at radius 1 is 1.80 bits per heavy atom. The summed E-state index contributed by atoms with van der Waals surface area (Å²) in [6.45, 7) is 1.84. The van der Waals surface area contributed by atoms with E-state index in [1.807, 2.05) is 6.92 Å². The minimum Gasteiger partial charge on any atom is -0.350 e. The third kappa shape index (κ3) is 1.73. The number of halogens is 1. The van der Waals surface area contributed by atoms with E-state index in [4.69, 9.17) is 5.73 Å². The molecule has 0 unspecified atom stereocenters. The normalized spacial score (nSPS) is 8.50. The number of carbonyl (C=O) groups excluding carboxylic acids is 1. The Morgan fingerprint density at radius 3 is 2.60 bits per heavy atom. The lowest BCUT2D eigenvalue weighted by atomic mass is 10.4. The van der Waals surface area contributed by atoms with Gasteiger partial charge in [-0.1, -0.05) is 0 Å². The van der Waals surface area contributed by atoms with Gasteiger partial charge in [-0.25, -0.2) is 4.79 Å². The molecule has 0 aliphatic rings. The van der Waals surface area contributed by atoms with E-state index in [2.05, 4.69) is 5.10 Å². The van der Waals surface area contributed by atoms with Gasteiger partial charge in [0.05, 0.1) is 6.20 Å². The van der Waals surface area contributed by atoms with Crippen LogP contribution in [0.25, 0.3) is 0 Å². The second-order valence-electron chi connectivity index (χ2n) is 1.80. The molecule has 0 aromatic carbocycles. The fourth-order valence-electron chi connectivity index (χ4n) is 0.533. The molecule has 0 fully saturated rings. The fourth-order valence-corrected chi connectivity index (χ4v) is 0.533. The number of primary amides is 1. The molecule has 1 aromatic heterocycles. The lowest BCUT2D eigenvalue weighted by Gasteiger charge is -1.87. The van der Waals surface area contributed by atoms with Gasteiger partial charge >= 0.3 is 6.03 Å². The number of rotatable bonds is 0. The van der Waals surface area contributed by atoms with Crippen LogP contribution >= 0.6 is 12.4 Å². The highest BCUT2D eigenvalue weighted by molar-refractivity contribution is 5.85. The molecule has 0 spiro atoms. The second-order valence-corrected chi connectivity index (χ2v) is 1.80. The Hall–Kier alpha value is -1.03. The molecule has 0 saturated heterocycles. The van der Waals surface area contributed by atoms with E-state index in [9.17, 15) is 4.79 Å². The van der Waals surface area contributed by atoms with Crippen molar-refractivity contribution in [2.45, 2.75) is 6.92 Å². The van der Waals surface area contributed by atoms with Gasteiger partial charge in [0.1, 0.15) is 0 Å². The number of hydrogen-bond donors (Lipinski definition) is 1. The molecule has 0 atom stereocenters. The monoisotopic (exact) mass is 161 g/mol. The predicted octanol–water partition coefficient (Wildman–Crippen LogP) is 0.540. The van der Waals surface area contributed by atoms with E-state index in [-0.39, 0.29) is 12.4 Å². The van der Waals surface area contributed by atoms with Gasteiger partial charge in [-0.2, -0.15) is 9.78 Å². The highest BCUT2D eigenvalue weighted by Crippen LogP contribution is 1.91. The number of nitrogens with two attached hydrogens (primary N) is 1. The topological polar surface area (TPSA) is 60.9 Å². The van der Waals surface area contributed by atoms with Gasteiger partial charge in [-0.05, 0) is 12.5 Å². The second kappa shape index (κ2) is 3.22. The van der Waals surface area contributed by atoms with Gasteiger partial charge in [-0.15, -0.1) is 12.4 Å². The number of aromatic nitrogens is 2. The van der Waals surface area contributed by atoms with Crippen LogP contribution < -0.4 is 5.73 Å². The molecule has 0 aliphatic carbocycles. The Bertz CT molecular complexity index is 233.